The highest BCUT2D eigenvalue weighted by atomic mass is 19.1. The zero-order valence-electron chi connectivity index (χ0n) is 12.1. The van der Waals surface area contributed by atoms with Crippen LogP contribution >= 0.6 is 0 Å². The lowest BCUT2D eigenvalue weighted by Crippen LogP contribution is -2.12. The Morgan fingerprint density at radius 1 is 1.35 bits per heavy atom. The van der Waals surface area contributed by atoms with Gasteiger partial charge < -0.3 is 10.1 Å². The maximum atomic E-state index is 13.9. The van der Waals surface area contributed by atoms with Crippen molar-refractivity contribution in [2.24, 2.45) is 7.05 Å². The van der Waals surface area contributed by atoms with Crippen molar-refractivity contribution in [1.82, 2.24) is 15.1 Å². The normalized spacial score (nSPS) is 10.8. The third-order valence-electron chi connectivity index (χ3n) is 3.05. The predicted molar refractivity (Wildman–Crippen MR) is 76.1 cm³/mol. The summed E-state index contributed by atoms with van der Waals surface area (Å²) in [6, 6.07) is 6.98. The first kappa shape index (κ1) is 14.5. The maximum absolute atomic E-state index is 13.9. The molecule has 0 aliphatic rings. The Labute approximate surface area is 118 Å². The second-order valence-corrected chi connectivity index (χ2v) is 4.73. The molecule has 0 saturated heterocycles. The fraction of sp³-hybridized carbons (Fsp3) is 0.400. The highest BCUT2D eigenvalue weighted by Gasteiger charge is 2.07. The molecule has 2 aromatic rings. The van der Waals surface area contributed by atoms with E-state index in [0.29, 0.717) is 13.2 Å². The molecule has 0 radical (unpaired) electrons. The molecule has 20 heavy (non-hydrogen) atoms. The molecule has 0 spiro atoms. The van der Waals surface area contributed by atoms with Crippen molar-refractivity contribution < 1.29 is 9.13 Å². The van der Waals surface area contributed by atoms with Crippen LogP contribution in [0.2, 0.25) is 0 Å². The van der Waals surface area contributed by atoms with E-state index >= 15 is 0 Å². The molecule has 0 aliphatic heterocycles. The van der Waals surface area contributed by atoms with Crippen molar-refractivity contribution in [2.45, 2.75) is 27.0 Å². The number of halogens is 1. The zero-order chi connectivity index (χ0) is 14.5. The Hall–Kier alpha value is -1.88. The number of ether oxygens (including phenoxy) is 1. The molecule has 0 amide bonds. The molecule has 1 heterocycles. The van der Waals surface area contributed by atoms with E-state index in [0.717, 1.165) is 23.5 Å². The molecule has 0 saturated carbocycles. The molecule has 1 aromatic heterocycles. The van der Waals surface area contributed by atoms with Crippen LogP contribution in [0.25, 0.3) is 0 Å². The van der Waals surface area contributed by atoms with E-state index in [1.807, 2.05) is 33.0 Å². The molecule has 0 unspecified atom stereocenters. The summed E-state index contributed by atoms with van der Waals surface area (Å²) in [6.45, 7) is 5.76. The summed E-state index contributed by atoms with van der Waals surface area (Å²) in [5.41, 5.74) is 2.75. The second kappa shape index (κ2) is 6.52. The van der Waals surface area contributed by atoms with E-state index in [9.17, 15) is 4.39 Å². The minimum atomic E-state index is -0.334. The van der Waals surface area contributed by atoms with Crippen molar-refractivity contribution in [3.8, 4) is 5.75 Å². The van der Waals surface area contributed by atoms with Crippen LogP contribution in [-0.4, -0.2) is 16.3 Å². The van der Waals surface area contributed by atoms with Crippen LogP contribution in [0, 0.1) is 12.7 Å². The van der Waals surface area contributed by atoms with Gasteiger partial charge in [-0.05, 0) is 37.2 Å². The summed E-state index contributed by atoms with van der Waals surface area (Å²) in [5.74, 6) is -0.0663. The first-order chi connectivity index (χ1) is 9.60. The summed E-state index contributed by atoms with van der Waals surface area (Å²) in [5, 5.41) is 7.39. The van der Waals surface area contributed by atoms with Crippen molar-refractivity contribution in [3.05, 3.63) is 47.0 Å². The number of rotatable bonds is 6. The number of aryl methyl sites for hydroxylation is 2. The molecule has 0 fully saturated rings. The summed E-state index contributed by atoms with van der Waals surface area (Å²) < 4.78 is 21.2. The Balaban J connectivity index is 2.01. The smallest absolute Gasteiger partial charge is 0.165 e. The minimum absolute atomic E-state index is 0.268. The fourth-order valence-electron chi connectivity index (χ4n) is 1.99. The molecule has 108 valence electrons. The summed E-state index contributed by atoms with van der Waals surface area (Å²) in [7, 11) is 1.85. The van der Waals surface area contributed by atoms with Gasteiger partial charge in [0.15, 0.2) is 11.6 Å². The average molecular weight is 277 g/mol. The van der Waals surface area contributed by atoms with Gasteiger partial charge in [-0.25, -0.2) is 4.39 Å². The van der Waals surface area contributed by atoms with Crippen LogP contribution in [0.15, 0.2) is 24.3 Å². The van der Waals surface area contributed by atoms with Crippen LogP contribution in [0.3, 0.4) is 0 Å². The molecule has 2 rings (SSSR count). The quantitative estimate of drug-likeness (QED) is 0.882. The summed E-state index contributed by atoms with van der Waals surface area (Å²) >= 11 is 0. The lowest BCUT2D eigenvalue weighted by atomic mass is 10.2. The Morgan fingerprint density at radius 3 is 2.75 bits per heavy atom. The number of nitrogens with one attached hydrogen (secondary N) is 1. The number of hydrogen-bond donors (Lipinski definition) is 1. The average Bonchev–Trinajstić information content (AvgIpc) is 2.73. The van der Waals surface area contributed by atoms with E-state index in [4.69, 9.17) is 4.74 Å². The van der Waals surface area contributed by atoms with Crippen LogP contribution in [0.1, 0.15) is 23.9 Å². The first-order valence-corrected chi connectivity index (χ1v) is 6.71. The fourth-order valence-corrected chi connectivity index (χ4v) is 1.99. The van der Waals surface area contributed by atoms with Gasteiger partial charge in [-0.15, -0.1) is 0 Å². The van der Waals surface area contributed by atoms with Crippen LogP contribution in [0.4, 0.5) is 4.39 Å². The van der Waals surface area contributed by atoms with Gasteiger partial charge in [-0.1, -0.05) is 13.0 Å². The van der Waals surface area contributed by atoms with Crippen LogP contribution < -0.4 is 10.1 Å². The molecule has 4 nitrogen and oxygen atoms in total. The highest BCUT2D eigenvalue weighted by Crippen LogP contribution is 2.19. The lowest BCUT2D eigenvalue weighted by molar-refractivity contribution is 0.280. The SMILES string of the molecule is CCNCc1ccc(OCc2cc(C)nn2C)c(F)c1. The Morgan fingerprint density at radius 2 is 2.15 bits per heavy atom. The summed E-state index contributed by atoms with van der Waals surface area (Å²) in [4.78, 5) is 0. The van der Waals surface area contributed by atoms with Crippen molar-refractivity contribution in [2.75, 3.05) is 6.54 Å². The molecular formula is C15H20FN3O. The van der Waals surface area contributed by atoms with Gasteiger partial charge in [0.2, 0.25) is 0 Å². The van der Waals surface area contributed by atoms with Crippen LogP contribution in [0.5, 0.6) is 5.75 Å². The molecule has 1 aromatic carbocycles. The van der Waals surface area contributed by atoms with E-state index in [-0.39, 0.29) is 11.6 Å². The maximum Gasteiger partial charge on any atom is 0.165 e. The molecule has 5 heteroatoms. The van der Waals surface area contributed by atoms with Crippen LogP contribution in [-0.2, 0) is 20.2 Å². The molecule has 1 N–H and O–H groups in total. The molecule has 0 aliphatic carbocycles. The monoisotopic (exact) mass is 277 g/mol. The van der Waals surface area contributed by atoms with Gasteiger partial charge in [0, 0.05) is 13.6 Å². The van der Waals surface area contributed by atoms with Gasteiger partial charge in [-0.2, -0.15) is 5.10 Å². The molecule has 0 atom stereocenters. The zero-order valence-corrected chi connectivity index (χ0v) is 12.1. The topological polar surface area (TPSA) is 39.1 Å². The van der Waals surface area contributed by atoms with E-state index in [2.05, 4.69) is 10.4 Å². The largest absolute Gasteiger partial charge is 0.484 e. The summed E-state index contributed by atoms with van der Waals surface area (Å²) in [6.07, 6.45) is 0. The van der Waals surface area contributed by atoms with Gasteiger partial charge in [0.05, 0.1) is 11.4 Å². The van der Waals surface area contributed by atoms with Gasteiger partial charge in [0.25, 0.3) is 0 Å². The highest BCUT2D eigenvalue weighted by molar-refractivity contribution is 5.29. The van der Waals surface area contributed by atoms with Gasteiger partial charge in [0.1, 0.15) is 6.61 Å². The number of benzene rings is 1. The third-order valence-corrected chi connectivity index (χ3v) is 3.05. The molecular weight excluding hydrogens is 257 g/mol. The second-order valence-electron chi connectivity index (χ2n) is 4.73. The number of hydrogen-bond acceptors (Lipinski definition) is 3. The predicted octanol–water partition coefficient (Wildman–Crippen LogP) is 2.56. The van der Waals surface area contributed by atoms with Crippen molar-refractivity contribution in [1.29, 1.82) is 0 Å². The van der Waals surface area contributed by atoms with Crippen molar-refractivity contribution in [3.63, 3.8) is 0 Å². The van der Waals surface area contributed by atoms with Crippen molar-refractivity contribution >= 4 is 0 Å². The Kier molecular flexibility index (Phi) is 4.74. The Bertz CT molecular complexity index is 580. The van der Waals surface area contributed by atoms with E-state index in [1.165, 1.54) is 6.07 Å². The first-order valence-electron chi connectivity index (χ1n) is 6.71. The standard InChI is InChI=1S/C15H20FN3O/c1-4-17-9-12-5-6-15(14(16)8-12)20-10-13-7-11(2)18-19(13)3/h5-8,17H,4,9-10H2,1-3H3. The van der Waals surface area contributed by atoms with Gasteiger partial charge in [-0.3, -0.25) is 4.68 Å². The number of aromatic nitrogens is 2. The van der Waals surface area contributed by atoms with E-state index in [1.54, 1.807) is 10.7 Å². The number of nitrogens with zero attached hydrogens (tertiary/aromatic N) is 2. The lowest BCUT2D eigenvalue weighted by Gasteiger charge is -2.09. The minimum Gasteiger partial charge on any atom is -0.484 e. The third kappa shape index (κ3) is 3.57. The molecule has 0 bridgehead atoms. The van der Waals surface area contributed by atoms with Gasteiger partial charge >= 0.3 is 0 Å². The van der Waals surface area contributed by atoms with E-state index < -0.39 is 0 Å².